The van der Waals surface area contributed by atoms with Crippen molar-refractivity contribution in [1.29, 1.82) is 0 Å². The number of carbonyl (C=O) groups is 1. The van der Waals surface area contributed by atoms with Crippen molar-refractivity contribution in [2.45, 2.75) is 17.6 Å². The van der Waals surface area contributed by atoms with Gasteiger partial charge in [-0.05, 0) is 24.3 Å². The number of para-hydroxylation sites is 1. The number of benzene rings is 2. The molecule has 10 nitrogen and oxygen atoms in total. The van der Waals surface area contributed by atoms with Gasteiger partial charge in [-0.15, -0.1) is 11.3 Å². The van der Waals surface area contributed by atoms with Crippen molar-refractivity contribution < 1.29 is 30.2 Å². The summed E-state index contributed by atoms with van der Waals surface area (Å²) in [6.45, 7) is 1.27. The van der Waals surface area contributed by atoms with Crippen LogP contribution < -0.4 is 15.4 Å². The first-order valence-electron chi connectivity index (χ1n) is 8.53. The van der Waals surface area contributed by atoms with E-state index < -0.39 is 24.0 Å². The number of rotatable bonds is 6. The zero-order valence-corrected chi connectivity index (χ0v) is 19.7. The smallest absolute Gasteiger partial charge is 0.184 e. The molecule has 1 amide bonds. The monoisotopic (exact) mass is 529 g/mol. The number of nitrogen functional groups attached to an aromatic ring is 1. The molecule has 1 aromatic heterocycles. The molecule has 13 heteroatoms. The van der Waals surface area contributed by atoms with Crippen LogP contribution in [0.15, 0.2) is 64.3 Å². The Morgan fingerprint density at radius 2 is 1.87 bits per heavy atom. The topological polar surface area (TPSA) is 169 Å². The van der Waals surface area contributed by atoms with Crippen LogP contribution in [0, 0.1) is 0 Å². The molecule has 166 valence electrons. The predicted molar refractivity (Wildman–Crippen MR) is 117 cm³/mol. The summed E-state index contributed by atoms with van der Waals surface area (Å²) in [5.74, 6) is -0.448. The van der Waals surface area contributed by atoms with E-state index in [1.807, 2.05) is 0 Å². The van der Waals surface area contributed by atoms with E-state index in [1.54, 1.807) is 29.1 Å². The van der Waals surface area contributed by atoms with Gasteiger partial charge in [0, 0.05) is 11.1 Å². The van der Waals surface area contributed by atoms with Crippen LogP contribution >= 0.6 is 11.3 Å². The molecule has 0 bridgehead atoms. The van der Waals surface area contributed by atoms with Crippen molar-refractivity contribution in [3.63, 3.8) is 0 Å². The van der Waals surface area contributed by atoms with Crippen molar-refractivity contribution in [2.24, 2.45) is 0 Å². The summed E-state index contributed by atoms with van der Waals surface area (Å²) >= 11 is -3.54. The molecule has 0 aliphatic carbocycles. The minimum absolute atomic E-state index is 0.0690. The Labute approximate surface area is 185 Å². The van der Waals surface area contributed by atoms with Crippen LogP contribution in [0.2, 0.25) is 0 Å². The van der Waals surface area contributed by atoms with E-state index in [0.29, 0.717) is 11.4 Å². The van der Waals surface area contributed by atoms with Crippen LogP contribution in [0.1, 0.15) is 12.6 Å². The fraction of sp³-hybridized carbons (Fsp3) is 0.111. The van der Waals surface area contributed by atoms with E-state index in [0.717, 1.165) is 0 Å². The second-order valence-corrected chi connectivity index (χ2v) is 12.4. The molecule has 0 fully saturated rings. The molecule has 31 heavy (non-hydrogen) atoms. The van der Waals surface area contributed by atoms with Gasteiger partial charge in [0.1, 0.15) is 0 Å². The fourth-order valence-electron chi connectivity index (χ4n) is 2.32. The number of thiazole rings is 1. The SMILES string of the molecule is CC(=O)Nc1ccccc1[As](=O)(O)OO.Nc1ccc(S(=O)(=O)Cc2cscn2)cc1. The zero-order chi connectivity index (χ0) is 23.1. The predicted octanol–water partition coefficient (Wildman–Crippen LogP) is 1.40. The normalized spacial score (nSPS) is 12.9. The van der Waals surface area contributed by atoms with Gasteiger partial charge in [0.2, 0.25) is 0 Å². The van der Waals surface area contributed by atoms with E-state index in [9.17, 15) is 21.0 Å². The maximum Gasteiger partial charge on any atom is 0.184 e. The van der Waals surface area contributed by atoms with E-state index in [4.69, 9.17) is 11.0 Å². The average Bonchev–Trinajstić information content (AvgIpc) is 3.21. The Morgan fingerprint density at radius 1 is 1.23 bits per heavy atom. The number of hydrogen-bond acceptors (Lipinski definition) is 9. The fourth-order valence-corrected chi connectivity index (χ4v) is 5.92. The summed E-state index contributed by atoms with van der Waals surface area (Å²) in [6, 6.07) is 12.0. The van der Waals surface area contributed by atoms with E-state index >= 15 is 0 Å². The first kappa shape index (κ1) is 24.8. The Hall–Kier alpha value is -2.47. The number of amides is 1. The molecule has 0 saturated heterocycles. The van der Waals surface area contributed by atoms with E-state index in [2.05, 4.69) is 14.2 Å². The first-order chi connectivity index (χ1) is 14.5. The van der Waals surface area contributed by atoms with E-state index in [-0.39, 0.29) is 26.6 Å². The molecule has 0 aliphatic rings. The number of carbonyl (C=O) groups excluding carboxylic acids is 1. The average molecular weight is 529 g/mol. The van der Waals surface area contributed by atoms with Gasteiger partial charge in [0.05, 0.1) is 21.9 Å². The minimum Gasteiger partial charge on any atom is -0.399 e. The Morgan fingerprint density at radius 3 is 2.42 bits per heavy atom. The van der Waals surface area contributed by atoms with Crippen LogP contribution in [0.4, 0.5) is 11.4 Å². The molecule has 2 aromatic carbocycles. The summed E-state index contributed by atoms with van der Waals surface area (Å²) in [7, 11) is -3.31. The molecular weight excluding hydrogens is 509 g/mol. The van der Waals surface area contributed by atoms with Crippen LogP contribution in [0.5, 0.6) is 0 Å². The molecule has 5 N–H and O–H groups in total. The molecular formula is C18H20AsN3O7S2. The molecule has 0 spiro atoms. The number of sulfone groups is 1. The summed E-state index contributed by atoms with van der Waals surface area (Å²) in [5, 5.41) is 12.4. The van der Waals surface area contributed by atoms with Gasteiger partial charge in [-0.2, -0.15) is 0 Å². The van der Waals surface area contributed by atoms with E-state index in [1.165, 1.54) is 48.6 Å². The Kier molecular flexibility index (Phi) is 8.57. The number of nitrogens with two attached hydrogens (primary N) is 1. The van der Waals surface area contributed by atoms with Gasteiger partial charge in [-0.3, -0.25) is 0 Å². The number of anilines is 2. The largest absolute Gasteiger partial charge is 0.399 e. The second-order valence-electron chi connectivity index (χ2n) is 6.11. The molecule has 1 heterocycles. The third-order valence-corrected chi connectivity index (χ3v) is 8.55. The molecule has 0 saturated carbocycles. The van der Waals surface area contributed by atoms with Gasteiger partial charge in [-0.1, -0.05) is 0 Å². The Balaban J connectivity index is 0.000000221. The number of hydrogen-bond donors (Lipinski definition) is 4. The van der Waals surface area contributed by atoms with Crippen molar-refractivity contribution in [3.05, 3.63) is 65.1 Å². The first-order valence-corrected chi connectivity index (χ1v) is 14.4. The summed E-state index contributed by atoms with van der Waals surface area (Å²) < 4.78 is 48.0. The number of aromatic nitrogens is 1. The third-order valence-electron chi connectivity index (χ3n) is 3.69. The number of nitrogens with one attached hydrogen (secondary N) is 1. The van der Waals surface area contributed by atoms with Crippen molar-refractivity contribution >= 4 is 57.0 Å². The quantitative estimate of drug-likeness (QED) is 0.160. The van der Waals surface area contributed by atoms with Crippen LogP contribution in [0.25, 0.3) is 0 Å². The second kappa shape index (κ2) is 10.7. The van der Waals surface area contributed by atoms with Gasteiger partial charge < -0.3 is 5.73 Å². The third kappa shape index (κ3) is 7.31. The van der Waals surface area contributed by atoms with Gasteiger partial charge in [0.15, 0.2) is 9.84 Å². The molecule has 3 rings (SSSR count). The van der Waals surface area contributed by atoms with Crippen LogP contribution in [0.3, 0.4) is 0 Å². The molecule has 0 aliphatic heterocycles. The van der Waals surface area contributed by atoms with Crippen LogP contribution in [-0.4, -0.2) is 42.8 Å². The number of nitrogens with zero attached hydrogens (tertiary/aromatic N) is 1. The van der Waals surface area contributed by atoms with Crippen molar-refractivity contribution in [1.82, 2.24) is 4.98 Å². The van der Waals surface area contributed by atoms with Crippen molar-refractivity contribution in [3.8, 4) is 0 Å². The maximum absolute atomic E-state index is 11.9. The molecule has 3 aromatic rings. The summed E-state index contributed by atoms with van der Waals surface area (Å²) in [6.07, 6.45) is 0. The standard InChI is InChI=1S/C10H10N2O2S2.C8H10AsNO5/c11-8-1-3-10(4-2-8)16(13,14)6-9-5-15-7-12-9;1-6(11)10-8-5-3-2-4-7(8)9(12,13)15-14/h1-5,7H,6,11H2;2-5,14H,1H3,(H,10,11)(H,12,13). The maximum atomic E-state index is 11.9. The molecule has 1 atom stereocenters. The van der Waals surface area contributed by atoms with Gasteiger partial charge >= 0.3 is 88.4 Å². The Bertz CT molecular complexity index is 1170. The minimum atomic E-state index is -4.92. The molecule has 1 unspecified atom stereocenters. The summed E-state index contributed by atoms with van der Waals surface area (Å²) in [5.41, 5.74) is 8.40. The van der Waals surface area contributed by atoms with Crippen LogP contribution in [-0.2, 0) is 28.0 Å². The van der Waals surface area contributed by atoms with Crippen molar-refractivity contribution in [2.75, 3.05) is 11.1 Å². The van der Waals surface area contributed by atoms with Gasteiger partial charge in [0.25, 0.3) is 0 Å². The summed E-state index contributed by atoms with van der Waals surface area (Å²) in [4.78, 5) is 15.0. The molecule has 0 radical (unpaired) electrons. The van der Waals surface area contributed by atoms with Gasteiger partial charge in [-0.25, -0.2) is 13.4 Å². The zero-order valence-electron chi connectivity index (χ0n) is 16.2.